The van der Waals surface area contributed by atoms with E-state index in [-0.39, 0.29) is 11.1 Å². The molecular weight excluding hydrogens is 318 g/mol. The van der Waals surface area contributed by atoms with Gasteiger partial charge in [0.05, 0.1) is 12.2 Å². The quantitative estimate of drug-likeness (QED) is 0.769. The Balaban J connectivity index is 1.48. The maximum absolute atomic E-state index is 11.8. The monoisotopic (exact) mass is 343 g/mol. The molecule has 2 aromatic heterocycles. The van der Waals surface area contributed by atoms with E-state index in [4.69, 9.17) is 0 Å². The van der Waals surface area contributed by atoms with Crippen molar-refractivity contribution in [2.45, 2.75) is 20.0 Å². The molecule has 1 aliphatic rings. The Morgan fingerprint density at radius 3 is 2.32 bits per heavy atom. The average molecular weight is 343 g/mol. The van der Waals surface area contributed by atoms with Crippen LogP contribution in [-0.2, 0) is 20.1 Å². The van der Waals surface area contributed by atoms with Crippen molar-refractivity contribution in [1.29, 1.82) is 0 Å². The summed E-state index contributed by atoms with van der Waals surface area (Å²) in [6.07, 6.45) is 1.91. The summed E-state index contributed by atoms with van der Waals surface area (Å²) in [6, 6.07) is 6.85. The fraction of sp³-hybridized carbons (Fsp3) is 0.500. The highest BCUT2D eigenvalue weighted by molar-refractivity contribution is 5.09. The van der Waals surface area contributed by atoms with Gasteiger partial charge in [-0.3, -0.25) is 19.4 Å². The zero-order valence-corrected chi connectivity index (χ0v) is 14.9. The molecule has 1 saturated heterocycles. The number of nitrogens with zero attached hydrogens (tertiary/aromatic N) is 5. The summed E-state index contributed by atoms with van der Waals surface area (Å²) in [7, 11) is 1.78. The molecule has 1 fully saturated rings. The molecule has 0 saturated carbocycles. The molecule has 0 atom stereocenters. The number of rotatable bonds is 5. The van der Waals surface area contributed by atoms with E-state index in [0.717, 1.165) is 50.5 Å². The molecule has 3 heterocycles. The standard InChI is InChI=1S/C18H25N5O2/c1-15-3-5-18(25)23(19-15)12-11-21-7-9-22(10-8-21)14-16-4-6-17(24)20(2)13-16/h3-6,13H,7-12,14H2,1-2H3. The lowest BCUT2D eigenvalue weighted by Gasteiger charge is -2.34. The molecule has 0 aliphatic carbocycles. The molecule has 0 N–H and O–H groups in total. The van der Waals surface area contributed by atoms with Crippen molar-refractivity contribution in [2.75, 3.05) is 32.7 Å². The van der Waals surface area contributed by atoms with Gasteiger partial charge in [0, 0.05) is 64.6 Å². The first-order chi connectivity index (χ1) is 12.0. The van der Waals surface area contributed by atoms with Crippen LogP contribution in [0, 0.1) is 6.92 Å². The van der Waals surface area contributed by atoms with Gasteiger partial charge < -0.3 is 4.57 Å². The molecule has 1 aliphatic heterocycles. The van der Waals surface area contributed by atoms with E-state index >= 15 is 0 Å². The van der Waals surface area contributed by atoms with Gasteiger partial charge in [-0.05, 0) is 18.6 Å². The predicted molar refractivity (Wildman–Crippen MR) is 96.6 cm³/mol. The van der Waals surface area contributed by atoms with E-state index in [1.165, 1.54) is 0 Å². The maximum Gasteiger partial charge on any atom is 0.266 e. The Morgan fingerprint density at radius 2 is 1.60 bits per heavy atom. The number of piperazine rings is 1. The number of hydrogen-bond donors (Lipinski definition) is 0. The van der Waals surface area contributed by atoms with Gasteiger partial charge in [0.15, 0.2) is 0 Å². The third-order valence-corrected chi connectivity index (χ3v) is 4.65. The summed E-state index contributed by atoms with van der Waals surface area (Å²) >= 11 is 0. The number of aromatic nitrogens is 3. The van der Waals surface area contributed by atoms with E-state index in [0.29, 0.717) is 6.54 Å². The molecule has 0 spiro atoms. The summed E-state index contributed by atoms with van der Waals surface area (Å²) in [5, 5.41) is 4.28. The van der Waals surface area contributed by atoms with E-state index in [9.17, 15) is 9.59 Å². The second kappa shape index (κ2) is 7.76. The van der Waals surface area contributed by atoms with Crippen molar-refractivity contribution >= 4 is 0 Å². The smallest absolute Gasteiger partial charge is 0.266 e. The molecule has 0 unspecified atom stereocenters. The normalized spacial score (nSPS) is 16.2. The van der Waals surface area contributed by atoms with Gasteiger partial charge in [0.2, 0.25) is 5.56 Å². The SMILES string of the molecule is Cc1ccc(=O)n(CCN2CCN(Cc3ccc(=O)n(C)c3)CC2)n1. The summed E-state index contributed by atoms with van der Waals surface area (Å²) < 4.78 is 3.17. The van der Waals surface area contributed by atoms with Crippen molar-refractivity contribution in [3.63, 3.8) is 0 Å². The molecule has 0 aromatic carbocycles. The van der Waals surface area contributed by atoms with Crippen molar-refractivity contribution < 1.29 is 0 Å². The molecule has 25 heavy (non-hydrogen) atoms. The second-order valence-electron chi connectivity index (χ2n) is 6.64. The van der Waals surface area contributed by atoms with Crippen LogP contribution in [0.3, 0.4) is 0 Å². The minimum atomic E-state index is -0.0427. The highest BCUT2D eigenvalue weighted by atomic mass is 16.1. The molecule has 3 rings (SSSR count). The van der Waals surface area contributed by atoms with Gasteiger partial charge in [0.1, 0.15) is 0 Å². The first kappa shape index (κ1) is 17.6. The number of hydrogen-bond acceptors (Lipinski definition) is 5. The van der Waals surface area contributed by atoms with Crippen LogP contribution in [0.5, 0.6) is 0 Å². The third kappa shape index (κ3) is 4.64. The minimum absolute atomic E-state index is 0.0218. The van der Waals surface area contributed by atoms with E-state index in [2.05, 4.69) is 14.9 Å². The van der Waals surface area contributed by atoms with Crippen LogP contribution in [0.2, 0.25) is 0 Å². The van der Waals surface area contributed by atoms with E-state index < -0.39 is 0 Å². The second-order valence-corrected chi connectivity index (χ2v) is 6.64. The fourth-order valence-corrected chi connectivity index (χ4v) is 3.12. The lowest BCUT2D eigenvalue weighted by molar-refractivity contribution is 0.122. The highest BCUT2D eigenvalue weighted by Gasteiger charge is 2.17. The van der Waals surface area contributed by atoms with Gasteiger partial charge in [-0.1, -0.05) is 6.07 Å². The molecular formula is C18H25N5O2. The summed E-state index contributed by atoms with van der Waals surface area (Å²) in [5.74, 6) is 0. The van der Waals surface area contributed by atoms with Crippen LogP contribution >= 0.6 is 0 Å². The summed E-state index contributed by atoms with van der Waals surface area (Å²) in [5.41, 5.74) is 2.00. The highest BCUT2D eigenvalue weighted by Crippen LogP contribution is 2.07. The fourth-order valence-electron chi connectivity index (χ4n) is 3.12. The van der Waals surface area contributed by atoms with Crippen LogP contribution in [-0.4, -0.2) is 56.9 Å². The largest absolute Gasteiger partial charge is 0.318 e. The van der Waals surface area contributed by atoms with Crippen LogP contribution in [0.4, 0.5) is 0 Å². The summed E-state index contributed by atoms with van der Waals surface area (Å²) in [6.45, 7) is 8.15. The molecule has 0 bridgehead atoms. The van der Waals surface area contributed by atoms with Crippen molar-refractivity contribution in [2.24, 2.45) is 7.05 Å². The van der Waals surface area contributed by atoms with E-state index in [1.54, 1.807) is 34.5 Å². The lowest BCUT2D eigenvalue weighted by atomic mass is 10.2. The zero-order chi connectivity index (χ0) is 17.8. The van der Waals surface area contributed by atoms with Crippen LogP contribution < -0.4 is 11.1 Å². The van der Waals surface area contributed by atoms with Gasteiger partial charge in [-0.2, -0.15) is 5.10 Å². The van der Waals surface area contributed by atoms with Crippen molar-refractivity contribution in [3.05, 3.63) is 62.4 Å². The molecule has 7 heteroatoms. The van der Waals surface area contributed by atoms with Crippen molar-refractivity contribution in [3.8, 4) is 0 Å². The topological polar surface area (TPSA) is 63.4 Å². The average Bonchev–Trinajstić information content (AvgIpc) is 2.60. The first-order valence-electron chi connectivity index (χ1n) is 8.66. The Bertz CT molecular complexity index is 834. The van der Waals surface area contributed by atoms with Crippen LogP contribution in [0.15, 0.2) is 40.1 Å². The molecule has 0 amide bonds. The summed E-state index contributed by atoms with van der Waals surface area (Å²) in [4.78, 5) is 28.0. The molecule has 7 nitrogen and oxygen atoms in total. The Kier molecular flexibility index (Phi) is 5.45. The third-order valence-electron chi connectivity index (χ3n) is 4.65. The Morgan fingerprint density at radius 1 is 0.920 bits per heavy atom. The maximum atomic E-state index is 11.8. The van der Waals surface area contributed by atoms with Gasteiger partial charge >= 0.3 is 0 Å². The van der Waals surface area contributed by atoms with E-state index in [1.807, 2.05) is 19.2 Å². The molecule has 0 radical (unpaired) electrons. The lowest BCUT2D eigenvalue weighted by Crippen LogP contribution is -2.47. The predicted octanol–water partition coefficient (Wildman–Crippen LogP) is 0.0682. The Labute approximate surface area is 147 Å². The first-order valence-corrected chi connectivity index (χ1v) is 8.66. The number of pyridine rings is 1. The van der Waals surface area contributed by atoms with Gasteiger partial charge in [0.25, 0.3) is 5.56 Å². The number of aryl methyl sites for hydroxylation is 2. The zero-order valence-electron chi connectivity index (χ0n) is 14.9. The Hall–Kier alpha value is -2.25. The van der Waals surface area contributed by atoms with Crippen molar-refractivity contribution in [1.82, 2.24) is 24.1 Å². The van der Waals surface area contributed by atoms with Crippen LogP contribution in [0.1, 0.15) is 11.3 Å². The molecule has 134 valence electrons. The van der Waals surface area contributed by atoms with Gasteiger partial charge in [-0.25, -0.2) is 4.68 Å². The van der Waals surface area contributed by atoms with Crippen LogP contribution in [0.25, 0.3) is 0 Å². The minimum Gasteiger partial charge on any atom is -0.318 e. The van der Waals surface area contributed by atoms with Gasteiger partial charge in [-0.15, -0.1) is 0 Å². The molecule has 2 aromatic rings.